The van der Waals surface area contributed by atoms with Crippen molar-refractivity contribution < 1.29 is 23.8 Å². The van der Waals surface area contributed by atoms with Gasteiger partial charge < -0.3 is 19.5 Å². The Morgan fingerprint density at radius 3 is 2.26 bits per heavy atom. The topological polar surface area (TPSA) is 73.9 Å². The summed E-state index contributed by atoms with van der Waals surface area (Å²) in [5, 5.41) is 5.42. The van der Waals surface area contributed by atoms with Crippen molar-refractivity contribution in [3.8, 4) is 5.75 Å². The van der Waals surface area contributed by atoms with E-state index in [1.807, 2.05) is 60.7 Å². The molecule has 0 spiro atoms. The van der Waals surface area contributed by atoms with Crippen molar-refractivity contribution in [1.82, 2.24) is 0 Å². The van der Waals surface area contributed by atoms with Crippen LogP contribution in [-0.4, -0.2) is 33.3 Å². The normalized spacial score (nSPS) is 10.6. The second-order valence-corrected chi connectivity index (χ2v) is 8.27. The molecule has 4 aromatic rings. The highest BCUT2D eigenvalue weighted by Gasteiger charge is 2.25. The van der Waals surface area contributed by atoms with E-state index in [0.717, 1.165) is 27.6 Å². The summed E-state index contributed by atoms with van der Waals surface area (Å²) in [5.41, 5.74) is 3.35. The number of carbonyl (C=O) groups excluding carboxylic acids is 2. The predicted molar refractivity (Wildman–Crippen MR) is 137 cm³/mol. The Hall–Kier alpha value is -4.03. The summed E-state index contributed by atoms with van der Waals surface area (Å²) in [4.78, 5) is 25.5. The van der Waals surface area contributed by atoms with Gasteiger partial charge >= 0.3 is 11.9 Å². The first-order chi connectivity index (χ1) is 16.9. The summed E-state index contributed by atoms with van der Waals surface area (Å²) in [5.74, 6) is -0.516. The van der Waals surface area contributed by atoms with Gasteiger partial charge in [-0.2, -0.15) is 0 Å². The Labute approximate surface area is 208 Å². The lowest BCUT2D eigenvalue weighted by atomic mass is 9.96. The second kappa shape index (κ2) is 10.5. The molecule has 0 aliphatic rings. The average Bonchev–Trinajstić information content (AvgIpc) is 2.89. The van der Waals surface area contributed by atoms with Gasteiger partial charge in [-0.05, 0) is 53.3 Å². The van der Waals surface area contributed by atoms with E-state index in [1.165, 1.54) is 14.2 Å². The van der Waals surface area contributed by atoms with Crippen LogP contribution >= 0.6 is 11.6 Å². The SMILES string of the molecule is COC(=O)c1cc2ccccc2c(Nc2cc(Cl)ccc2Cc2ccc(OC)cc2)c1C(=O)OC. The molecule has 0 aliphatic carbocycles. The Bertz CT molecular complexity index is 1400. The van der Waals surface area contributed by atoms with E-state index in [-0.39, 0.29) is 11.1 Å². The molecular formula is C28H24ClNO5. The summed E-state index contributed by atoms with van der Waals surface area (Å²) in [6.07, 6.45) is 0.603. The van der Waals surface area contributed by atoms with Crippen LogP contribution in [0, 0.1) is 0 Å². The van der Waals surface area contributed by atoms with Crippen molar-refractivity contribution in [3.05, 3.63) is 100 Å². The van der Waals surface area contributed by atoms with Crippen molar-refractivity contribution in [2.75, 3.05) is 26.6 Å². The van der Waals surface area contributed by atoms with E-state index < -0.39 is 11.9 Å². The van der Waals surface area contributed by atoms with Gasteiger partial charge in [-0.1, -0.05) is 54.1 Å². The van der Waals surface area contributed by atoms with Crippen LogP contribution in [0.25, 0.3) is 10.8 Å². The number of anilines is 2. The molecule has 178 valence electrons. The number of hydrogen-bond acceptors (Lipinski definition) is 6. The molecule has 0 saturated carbocycles. The number of benzene rings is 4. The summed E-state index contributed by atoms with van der Waals surface area (Å²) in [6.45, 7) is 0. The van der Waals surface area contributed by atoms with E-state index >= 15 is 0 Å². The molecule has 0 bridgehead atoms. The first-order valence-corrected chi connectivity index (χ1v) is 11.2. The molecule has 0 heterocycles. The summed E-state index contributed by atoms with van der Waals surface area (Å²) >= 11 is 6.36. The third kappa shape index (κ3) is 5.08. The molecule has 0 saturated heterocycles. The number of nitrogens with one attached hydrogen (secondary N) is 1. The minimum absolute atomic E-state index is 0.0911. The molecule has 0 radical (unpaired) electrons. The zero-order valence-corrected chi connectivity index (χ0v) is 20.3. The number of ether oxygens (including phenoxy) is 3. The Morgan fingerprint density at radius 2 is 1.57 bits per heavy atom. The lowest BCUT2D eigenvalue weighted by Gasteiger charge is -2.19. The average molecular weight is 490 g/mol. The number of esters is 2. The van der Waals surface area contributed by atoms with E-state index in [1.54, 1.807) is 19.2 Å². The second-order valence-electron chi connectivity index (χ2n) is 7.83. The number of methoxy groups -OCH3 is 3. The van der Waals surface area contributed by atoms with Gasteiger partial charge in [-0.25, -0.2) is 9.59 Å². The number of carbonyl (C=O) groups is 2. The van der Waals surface area contributed by atoms with Crippen LogP contribution in [0.5, 0.6) is 5.75 Å². The van der Waals surface area contributed by atoms with Crippen LogP contribution < -0.4 is 10.1 Å². The fraction of sp³-hybridized carbons (Fsp3) is 0.143. The quantitative estimate of drug-likeness (QED) is 0.302. The van der Waals surface area contributed by atoms with Gasteiger partial charge in [0, 0.05) is 16.1 Å². The molecule has 0 unspecified atom stereocenters. The van der Waals surface area contributed by atoms with Gasteiger partial charge in [0.2, 0.25) is 0 Å². The smallest absolute Gasteiger partial charge is 0.340 e. The Morgan fingerprint density at radius 1 is 0.857 bits per heavy atom. The lowest BCUT2D eigenvalue weighted by Crippen LogP contribution is -2.15. The zero-order valence-electron chi connectivity index (χ0n) is 19.6. The van der Waals surface area contributed by atoms with Crippen LogP contribution in [0.2, 0.25) is 5.02 Å². The summed E-state index contributed by atoms with van der Waals surface area (Å²) in [7, 11) is 4.17. The van der Waals surface area contributed by atoms with Crippen molar-refractivity contribution >= 4 is 45.7 Å². The first-order valence-electron chi connectivity index (χ1n) is 10.9. The monoisotopic (exact) mass is 489 g/mol. The number of halogens is 1. The van der Waals surface area contributed by atoms with Gasteiger partial charge in [0.15, 0.2) is 0 Å². The summed E-state index contributed by atoms with van der Waals surface area (Å²) < 4.78 is 15.3. The zero-order chi connectivity index (χ0) is 24.9. The highest BCUT2D eigenvalue weighted by molar-refractivity contribution is 6.31. The maximum atomic E-state index is 12.9. The minimum atomic E-state index is -0.655. The number of rotatable bonds is 7. The van der Waals surface area contributed by atoms with E-state index in [9.17, 15) is 9.59 Å². The van der Waals surface area contributed by atoms with Crippen LogP contribution in [0.15, 0.2) is 72.8 Å². The first kappa shape index (κ1) is 24.1. The third-order valence-electron chi connectivity index (χ3n) is 5.73. The third-order valence-corrected chi connectivity index (χ3v) is 5.96. The molecule has 4 rings (SSSR count). The van der Waals surface area contributed by atoms with E-state index in [4.69, 9.17) is 25.8 Å². The standard InChI is InChI=1S/C28H24ClNO5/c1-33-21-12-8-17(9-13-21)14-19-10-11-20(29)16-24(19)30-26-22-7-5-4-6-18(22)15-23(27(31)34-2)25(26)28(32)35-3/h4-13,15-16,30H,14H2,1-3H3. The maximum absolute atomic E-state index is 12.9. The van der Waals surface area contributed by atoms with Crippen molar-refractivity contribution in [3.63, 3.8) is 0 Å². The molecule has 0 aromatic heterocycles. The Balaban J connectivity index is 1.88. The molecule has 0 amide bonds. The fourth-order valence-corrected chi connectivity index (χ4v) is 4.15. The Kier molecular flexibility index (Phi) is 7.22. The van der Waals surface area contributed by atoms with Crippen LogP contribution in [0.3, 0.4) is 0 Å². The predicted octanol–water partition coefficient (Wildman–Crippen LogP) is 6.41. The molecule has 1 N–H and O–H groups in total. The van der Waals surface area contributed by atoms with Gasteiger partial charge in [-0.15, -0.1) is 0 Å². The molecule has 0 aliphatic heterocycles. The van der Waals surface area contributed by atoms with Gasteiger partial charge in [0.25, 0.3) is 0 Å². The summed E-state index contributed by atoms with van der Waals surface area (Å²) in [6, 6.07) is 22.4. The van der Waals surface area contributed by atoms with E-state index in [0.29, 0.717) is 22.8 Å². The maximum Gasteiger partial charge on any atom is 0.340 e. The highest BCUT2D eigenvalue weighted by atomic mass is 35.5. The largest absolute Gasteiger partial charge is 0.497 e. The van der Waals surface area contributed by atoms with E-state index in [2.05, 4.69) is 5.32 Å². The molecule has 35 heavy (non-hydrogen) atoms. The molecule has 4 aromatic carbocycles. The van der Waals surface area contributed by atoms with Crippen LogP contribution in [0.1, 0.15) is 31.8 Å². The lowest BCUT2D eigenvalue weighted by molar-refractivity contribution is 0.0556. The van der Waals surface area contributed by atoms with Crippen LogP contribution in [-0.2, 0) is 15.9 Å². The molecule has 6 nitrogen and oxygen atoms in total. The molecular weight excluding hydrogens is 466 g/mol. The van der Waals surface area contributed by atoms with Gasteiger partial charge in [-0.3, -0.25) is 0 Å². The van der Waals surface area contributed by atoms with Crippen molar-refractivity contribution in [2.24, 2.45) is 0 Å². The molecule has 0 atom stereocenters. The van der Waals surface area contributed by atoms with Gasteiger partial charge in [0.05, 0.1) is 38.1 Å². The fourth-order valence-electron chi connectivity index (χ4n) is 3.98. The number of fused-ring (bicyclic) bond motifs is 1. The molecule has 7 heteroatoms. The van der Waals surface area contributed by atoms with Gasteiger partial charge in [0.1, 0.15) is 5.75 Å². The number of hydrogen-bond donors (Lipinski definition) is 1. The van der Waals surface area contributed by atoms with Crippen molar-refractivity contribution in [1.29, 1.82) is 0 Å². The molecule has 0 fully saturated rings. The minimum Gasteiger partial charge on any atom is -0.497 e. The van der Waals surface area contributed by atoms with Crippen molar-refractivity contribution in [2.45, 2.75) is 6.42 Å². The van der Waals surface area contributed by atoms with Crippen LogP contribution in [0.4, 0.5) is 11.4 Å². The highest BCUT2D eigenvalue weighted by Crippen LogP contribution is 2.36.